The van der Waals surface area contributed by atoms with Crippen LogP contribution >= 0.6 is 0 Å². The Balaban J connectivity index is 1.95. The normalized spacial score (nSPS) is 32.2. The number of hydrogen-bond donors (Lipinski definition) is 3. The van der Waals surface area contributed by atoms with E-state index in [1.54, 1.807) is 11.6 Å². The molecule has 9 heteroatoms. The minimum atomic E-state index is -0.954. The van der Waals surface area contributed by atoms with E-state index in [0.29, 0.717) is 18.2 Å². The molecular formula is C12H18N4O5. The maximum atomic E-state index is 12.0. The van der Waals surface area contributed by atoms with Gasteiger partial charge in [0.05, 0.1) is 19.6 Å². The summed E-state index contributed by atoms with van der Waals surface area (Å²) in [5.41, 5.74) is 0.296. The monoisotopic (exact) mass is 298 g/mol. The van der Waals surface area contributed by atoms with Crippen molar-refractivity contribution < 1.29 is 24.5 Å². The fourth-order valence-electron chi connectivity index (χ4n) is 2.68. The van der Waals surface area contributed by atoms with Gasteiger partial charge in [0.2, 0.25) is 0 Å². The Kier molecular flexibility index (Phi) is 3.57. The van der Waals surface area contributed by atoms with Crippen molar-refractivity contribution in [3.8, 4) is 0 Å². The number of ether oxygens (including phenoxy) is 2. The average molecular weight is 298 g/mol. The van der Waals surface area contributed by atoms with Crippen molar-refractivity contribution in [2.45, 2.75) is 24.5 Å². The van der Waals surface area contributed by atoms with Crippen molar-refractivity contribution in [3.63, 3.8) is 0 Å². The van der Waals surface area contributed by atoms with E-state index in [4.69, 9.17) is 9.47 Å². The number of hydrogen-bond acceptors (Lipinski definition) is 7. The largest absolute Gasteiger partial charge is 0.394 e. The molecule has 9 nitrogen and oxygen atoms in total. The molecule has 3 rings (SSSR count). The highest BCUT2D eigenvalue weighted by molar-refractivity contribution is 5.98. The Morgan fingerprint density at radius 1 is 1.62 bits per heavy atom. The van der Waals surface area contributed by atoms with Crippen LogP contribution in [0.3, 0.4) is 0 Å². The van der Waals surface area contributed by atoms with E-state index in [2.05, 4.69) is 10.3 Å². The van der Waals surface area contributed by atoms with Crippen LogP contribution in [0.5, 0.6) is 0 Å². The predicted molar refractivity (Wildman–Crippen MR) is 70.6 cm³/mol. The minimum Gasteiger partial charge on any atom is -0.394 e. The number of aliphatic hydroxyl groups is 2. The van der Waals surface area contributed by atoms with E-state index in [-0.39, 0.29) is 12.5 Å². The molecular weight excluding hydrogens is 280 g/mol. The highest BCUT2D eigenvalue weighted by Gasteiger charge is 2.46. The van der Waals surface area contributed by atoms with Crippen molar-refractivity contribution >= 4 is 11.7 Å². The zero-order valence-electron chi connectivity index (χ0n) is 11.8. The summed E-state index contributed by atoms with van der Waals surface area (Å²) in [7, 11) is 3.13. The van der Waals surface area contributed by atoms with Crippen LogP contribution in [0.15, 0.2) is 6.33 Å². The first-order valence-electron chi connectivity index (χ1n) is 6.61. The van der Waals surface area contributed by atoms with Crippen LogP contribution in [0.25, 0.3) is 0 Å². The number of imidazole rings is 1. The van der Waals surface area contributed by atoms with Gasteiger partial charge < -0.3 is 29.9 Å². The average Bonchev–Trinajstić information content (AvgIpc) is 3.03. The van der Waals surface area contributed by atoms with Crippen LogP contribution in [-0.4, -0.2) is 76.3 Å². The summed E-state index contributed by atoms with van der Waals surface area (Å²) in [4.78, 5) is 17.6. The number of fused-ring (bicyclic) bond motifs is 1. The number of aliphatic hydroxyl groups excluding tert-OH is 2. The van der Waals surface area contributed by atoms with E-state index < -0.39 is 24.5 Å². The first-order chi connectivity index (χ1) is 10.1. The summed E-state index contributed by atoms with van der Waals surface area (Å²) >= 11 is 0. The molecule has 4 atom stereocenters. The number of aromatic nitrogens is 2. The predicted octanol–water partition coefficient (Wildman–Crippen LogP) is -1.40. The number of nitrogens with one attached hydrogen (secondary N) is 1. The standard InChI is InChI=1S/C12H18N4O5/c1-15-4-14-10-7(11(15)19)13-5-16(10)12-9(20-2)8(18)6(3-17)21-12/h5-6,8-9,12,14,17-18H,3-4H2,1-2H3. The van der Waals surface area contributed by atoms with Crippen LogP contribution in [0.4, 0.5) is 5.82 Å². The highest BCUT2D eigenvalue weighted by atomic mass is 16.6. The highest BCUT2D eigenvalue weighted by Crippen LogP contribution is 2.35. The second-order valence-corrected chi connectivity index (χ2v) is 5.13. The van der Waals surface area contributed by atoms with Crippen LogP contribution in [0.2, 0.25) is 0 Å². The van der Waals surface area contributed by atoms with E-state index in [1.165, 1.54) is 18.3 Å². The Morgan fingerprint density at radius 3 is 3.05 bits per heavy atom. The van der Waals surface area contributed by atoms with Gasteiger partial charge >= 0.3 is 0 Å². The van der Waals surface area contributed by atoms with E-state index in [0.717, 1.165) is 0 Å². The van der Waals surface area contributed by atoms with Crippen LogP contribution in [0.1, 0.15) is 16.7 Å². The lowest BCUT2D eigenvalue weighted by molar-refractivity contribution is -0.0592. The molecule has 1 amide bonds. The lowest BCUT2D eigenvalue weighted by Crippen LogP contribution is -2.38. The molecule has 0 spiro atoms. The SMILES string of the molecule is COC1C(O)C(CO)OC1n1cnc2c1NCN(C)C2=O. The zero-order chi connectivity index (χ0) is 15.1. The lowest BCUT2D eigenvalue weighted by Gasteiger charge is -2.27. The first kappa shape index (κ1) is 14.3. The Bertz CT molecular complexity index is 548. The van der Waals surface area contributed by atoms with Crippen molar-refractivity contribution in [3.05, 3.63) is 12.0 Å². The Morgan fingerprint density at radius 2 is 2.38 bits per heavy atom. The van der Waals surface area contributed by atoms with Gasteiger partial charge in [0.15, 0.2) is 11.9 Å². The molecule has 2 aliphatic rings. The quantitative estimate of drug-likeness (QED) is 0.630. The Hall–Kier alpha value is -1.68. The molecule has 1 fully saturated rings. The van der Waals surface area contributed by atoms with Gasteiger partial charge in [0.1, 0.15) is 24.1 Å². The number of rotatable bonds is 3. The first-order valence-corrected chi connectivity index (χ1v) is 6.61. The molecule has 1 aromatic rings. The summed E-state index contributed by atoms with van der Waals surface area (Å²) in [5, 5.41) is 22.4. The fourth-order valence-corrected chi connectivity index (χ4v) is 2.68. The molecule has 0 aliphatic carbocycles. The minimum absolute atomic E-state index is 0.186. The van der Waals surface area contributed by atoms with Crippen molar-refractivity contribution in [1.29, 1.82) is 0 Å². The molecule has 1 saturated heterocycles. The van der Waals surface area contributed by atoms with Gasteiger partial charge in [-0.15, -0.1) is 0 Å². The number of anilines is 1. The molecule has 3 heterocycles. The second kappa shape index (κ2) is 5.26. The van der Waals surface area contributed by atoms with Gasteiger partial charge in [-0.1, -0.05) is 0 Å². The molecule has 0 radical (unpaired) electrons. The second-order valence-electron chi connectivity index (χ2n) is 5.13. The molecule has 4 unspecified atom stereocenters. The molecule has 2 aliphatic heterocycles. The summed E-state index contributed by atoms with van der Waals surface area (Å²) < 4.78 is 12.5. The van der Waals surface area contributed by atoms with Crippen LogP contribution in [0, 0.1) is 0 Å². The smallest absolute Gasteiger partial charge is 0.277 e. The van der Waals surface area contributed by atoms with Gasteiger partial charge in [-0.3, -0.25) is 9.36 Å². The van der Waals surface area contributed by atoms with E-state index >= 15 is 0 Å². The third-order valence-electron chi connectivity index (χ3n) is 3.87. The molecule has 21 heavy (non-hydrogen) atoms. The number of carbonyl (C=O) groups is 1. The third-order valence-corrected chi connectivity index (χ3v) is 3.87. The van der Waals surface area contributed by atoms with Gasteiger partial charge in [-0.05, 0) is 0 Å². The van der Waals surface area contributed by atoms with Gasteiger partial charge in [-0.2, -0.15) is 0 Å². The molecule has 0 aromatic carbocycles. The summed E-state index contributed by atoms with van der Waals surface area (Å²) in [6.07, 6.45) is -1.54. The van der Waals surface area contributed by atoms with Gasteiger partial charge in [0.25, 0.3) is 5.91 Å². The van der Waals surface area contributed by atoms with Gasteiger partial charge in [0, 0.05) is 14.2 Å². The van der Waals surface area contributed by atoms with Crippen LogP contribution < -0.4 is 5.32 Å². The van der Waals surface area contributed by atoms with Crippen LogP contribution in [-0.2, 0) is 9.47 Å². The number of amides is 1. The third kappa shape index (κ3) is 2.09. The van der Waals surface area contributed by atoms with Crippen molar-refractivity contribution in [2.75, 3.05) is 32.7 Å². The molecule has 0 bridgehead atoms. The van der Waals surface area contributed by atoms with E-state index in [9.17, 15) is 15.0 Å². The number of carbonyl (C=O) groups excluding carboxylic acids is 1. The van der Waals surface area contributed by atoms with Gasteiger partial charge in [-0.25, -0.2) is 4.98 Å². The maximum absolute atomic E-state index is 12.0. The molecule has 116 valence electrons. The number of nitrogens with zero attached hydrogens (tertiary/aromatic N) is 3. The fraction of sp³-hybridized carbons (Fsp3) is 0.667. The van der Waals surface area contributed by atoms with Crippen molar-refractivity contribution in [2.24, 2.45) is 0 Å². The molecule has 0 saturated carbocycles. The molecule has 1 aromatic heterocycles. The summed E-state index contributed by atoms with van der Waals surface area (Å²) in [6, 6.07) is 0. The Labute approximate surface area is 121 Å². The lowest BCUT2D eigenvalue weighted by atomic mass is 10.1. The number of methoxy groups -OCH3 is 1. The molecule has 3 N–H and O–H groups in total. The van der Waals surface area contributed by atoms with Crippen molar-refractivity contribution in [1.82, 2.24) is 14.5 Å². The zero-order valence-corrected chi connectivity index (χ0v) is 11.8. The topological polar surface area (TPSA) is 109 Å². The van der Waals surface area contributed by atoms with E-state index in [1.807, 2.05) is 0 Å². The summed E-state index contributed by atoms with van der Waals surface area (Å²) in [6.45, 7) is 0.0391. The summed E-state index contributed by atoms with van der Waals surface area (Å²) in [5.74, 6) is 0.338. The maximum Gasteiger partial charge on any atom is 0.277 e.